The molecule has 0 heterocycles. The molecule has 1 unspecified atom stereocenters. The van der Waals surface area contributed by atoms with Crippen molar-refractivity contribution in [1.29, 1.82) is 0 Å². The third-order valence-corrected chi connectivity index (χ3v) is 4.71. The highest BCUT2D eigenvalue weighted by Gasteiger charge is 2.08. The van der Waals surface area contributed by atoms with E-state index in [1.54, 1.807) is 0 Å². The van der Waals surface area contributed by atoms with Crippen LogP contribution in [0.15, 0.2) is 29.2 Å². The molecule has 0 spiro atoms. The molecule has 1 amide bonds. The molecule has 0 radical (unpaired) electrons. The van der Waals surface area contributed by atoms with E-state index in [1.807, 2.05) is 52.2 Å². The summed E-state index contributed by atoms with van der Waals surface area (Å²) in [6.45, 7) is 7.03. The highest BCUT2D eigenvalue weighted by Crippen LogP contribution is 2.10. The van der Waals surface area contributed by atoms with Crippen LogP contribution in [0.4, 0.5) is 0 Å². The van der Waals surface area contributed by atoms with Crippen molar-refractivity contribution in [3.05, 3.63) is 29.8 Å². The van der Waals surface area contributed by atoms with Crippen LogP contribution in [0.3, 0.4) is 0 Å². The monoisotopic (exact) mass is 368 g/mol. The molecule has 25 heavy (non-hydrogen) atoms. The quantitative estimate of drug-likeness (QED) is 0.578. The zero-order valence-electron chi connectivity index (χ0n) is 16.6. The fraction of sp³-hybridized carbons (Fsp3) is 0.650. The molecule has 1 aromatic rings. The molecule has 0 aliphatic carbocycles. The van der Waals surface area contributed by atoms with Gasteiger partial charge in [-0.25, -0.2) is 4.21 Å². The number of nitrogens with one attached hydrogen (secondary N) is 1. The molecular formula is C20H36N2O2S. The lowest BCUT2D eigenvalue weighted by atomic mass is 10.1. The van der Waals surface area contributed by atoms with Gasteiger partial charge in [-0.05, 0) is 38.2 Å². The van der Waals surface area contributed by atoms with Crippen molar-refractivity contribution in [2.75, 3.05) is 14.1 Å². The maximum atomic E-state index is 12.1. The highest BCUT2D eigenvalue weighted by molar-refractivity contribution is 7.83. The first-order chi connectivity index (χ1) is 12.0. The van der Waals surface area contributed by atoms with E-state index in [0.717, 1.165) is 24.9 Å². The molecule has 1 aromatic carbocycles. The summed E-state index contributed by atoms with van der Waals surface area (Å²) < 4.78 is 14.7. The fourth-order valence-corrected chi connectivity index (χ4v) is 3.17. The first-order valence-electron chi connectivity index (χ1n) is 9.48. The fourth-order valence-electron chi connectivity index (χ4n) is 2.36. The first kappa shape index (κ1) is 23.8. The maximum absolute atomic E-state index is 12.1. The van der Waals surface area contributed by atoms with E-state index in [9.17, 15) is 9.00 Å². The van der Waals surface area contributed by atoms with Crippen molar-refractivity contribution < 1.29 is 9.00 Å². The van der Waals surface area contributed by atoms with E-state index in [2.05, 4.69) is 16.5 Å². The van der Waals surface area contributed by atoms with Gasteiger partial charge >= 0.3 is 0 Å². The van der Waals surface area contributed by atoms with Gasteiger partial charge in [0.25, 0.3) is 0 Å². The molecule has 1 rings (SSSR count). The zero-order chi connectivity index (χ0) is 19.1. The number of rotatable bonds is 11. The molecule has 0 aliphatic heterocycles. The molecule has 0 bridgehead atoms. The molecular weight excluding hydrogens is 332 g/mol. The summed E-state index contributed by atoms with van der Waals surface area (Å²) in [4.78, 5) is 14.5. The Kier molecular flexibility index (Phi) is 14.4. The van der Waals surface area contributed by atoms with E-state index in [4.69, 9.17) is 0 Å². The lowest BCUT2D eigenvalue weighted by molar-refractivity contribution is -0.119. The van der Waals surface area contributed by atoms with Gasteiger partial charge in [0.15, 0.2) is 11.0 Å². The summed E-state index contributed by atoms with van der Waals surface area (Å²) in [7, 11) is 2.56. The molecule has 5 heteroatoms. The Morgan fingerprint density at radius 1 is 1.00 bits per heavy atom. The van der Waals surface area contributed by atoms with Crippen LogP contribution in [0.1, 0.15) is 71.3 Å². The van der Waals surface area contributed by atoms with E-state index in [0.29, 0.717) is 11.3 Å². The Morgan fingerprint density at radius 3 is 2.12 bits per heavy atom. The lowest BCUT2D eigenvalue weighted by Crippen LogP contribution is -2.25. The number of amides is 1. The minimum absolute atomic E-state index is 0.129. The van der Waals surface area contributed by atoms with E-state index in [1.165, 1.54) is 25.7 Å². The summed E-state index contributed by atoms with van der Waals surface area (Å²) in [6.07, 6.45) is 7.30. The predicted molar refractivity (Wildman–Crippen MR) is 108 cm³/mol. The second kappa shape index (κ2) is 15.1. The third-order valence-electron chi connectivity index (χ3n) is 3.60. The average molecular weight is 369 g/mol. The Hall–Kier alpha value is -1.20. The standard InChI is InChI=1S/C18H30N2O2S.C2H6/c1-4-5-6-7-8-9-10-18(21)19-23(22)17-13-11-16(12-14-17)15-20(2)3;1-2/h11-14H,4-10,15H2,1-3H3,(H,19,21);1-2H3. The summed E-state index contributed by atoms with van der Waals surface area (Å²) >= 11 is 0. The van der Waals surface area contributed by atoms with Crippen molar-refractivity contribution in [2.24, 2.45) is 0 Å². The van der Waals surface area contributed by atoms with Gasteiger partial charge in [0.05, 0.1) is 4.90 Å². The van der Waals surface area contributed by atoms with Crippen LogP contribution in [0, 0.1) is 0 Å². The lowest BCUT2D eigenvalue weighted by Gasteiger charge is -2.10. The first-order valence-corrected chi connectivity index (χ1v) is 10.6. The average Bonchev–Trinajstić information content (AvgIpc) is 2.60. The van der Waals surface area contributed by atoms with Crippen molar-refractivity contribution >= 4 is 16.9 Å². The molecule has 0 saturated heterocycles. The summed E-state index contributed by atoms with van der Waals surface area (Å²) in [6, 6.07) is 7.54. The van der Waals surface area contributed by atoms with Crippen LogP contribution in [0.2, 0.25) is 0 Å². The van der Waals surface area contributed by atoms with Crippen molar-refractivity contribution in [3.63, 3.8) is 0 Å². The number of benzene rings is 1. The second-order valence-electron chi connectivity index (χ2n) is 6.19. The SMILES string of the molecule is CC.CCCCCCCCC(=O)NS(=O)c1ccc(CN(C)C)cc1. The second-order valence-corrected chi connectivity index (χ2v) is 7.41. The molecule has 144 valence electrons. The molecule has 0 fully saturated rings. The van der Waals surface area contributed by atoms with Crippen LogP contribution >= 0.6 is 0 Å². The Morgan fingerprint density at radius 2 is 1.56 bits per heavy atom. The summed E-state index contributed by atoms with van der Waals surface area (Å²) in [5, 5.41) is 0. The Labute approximate surface area is 157 Å². The van der Waals surface area contributed by atoms with Gasteiger partial charge in [0, 0.05) is 13.0 Å². The van der Waals surface area contributed by atoms with Gasteiger partial charge < -0.3 is 4.90 Å². The number of nitrogens with zero attached hydrogens (tertiary/aromatic N) is 1. The Bertz CT molecular complexity index is 487. The van der Waals surface area contributed by atoms with Crippen LogP contribution < -0.4 is 4.72 Å². The molecule has 0 aliphatic rings. The predicted octanol–water partition coefficient (Wildman–Crippen LogP) is 4.66. The van der Waals surface area contributed by atoms with Gasteiger partial charge in [-0.2, -0.15) is 0 Å². The highest BCUT2D eigenvalue weighted by atomic mass is 32.2. The van der Waals surface area contributed by atoms with Crippen molar-refractivity contribution in [1.82, 2.24) is 9.62 Å². The molecule has 0 saturated carbocycles. The van der Waals surface area contributed by atoms with Crippen LogP contribution in [-0.4, -0.2) is 29.1 Å². The van der Waals surface area contributed by atoms with Gasteiger partial charge in [0.1, 0.15) is 0 Å². The number of hydrogen-bond acceptors (Lipinski definition) is 3. The maximum Gasteiger partial charge on any atom is 0.231 e. The van der Waals surface area contributed by atoms with Crippen LogP contribution in [0.25, 0.3) is 0 Å². The number of carbonyl (C=O) groups excluding carboxylic acids is 1. The van der Waals surface area contributed by atoms with Crippen LogP contribution in [-0.2, 0) is 22.3 Å². The minimum atomic E-state index is -1.46. The van der Waals surface area contributed by atoms with E-state index < -0.39 is 11.0 Å². The molecule has 1 atom stereocenters. The molecule has 4 nitrogen and oxygen atoms in total. The molecule has 0 aromatic heterocycles. The van der Waals surface area contributed by atoms with Gasteiger partial charge in [-0.15, -0.1) is 0 Å². The third kappa shape index (κ3) is 11.9. The minimum Gasteiger partial charge on any atom is -0.305 e. The van der Waals surface area contributed by atoms with Crippen molar-refractivity contribution in [2.45, 2.75) is 77.2 Å². The number of unbranched alkanes of at least 4 members (excludes halogenated alkanes) is 5. The zero-order valence-corrected chi connectivity index (χ0v) is 17.5. The van der Waals surface area contributed by atoms with Gasteiger partial charge in [-0.1, -0.05) is 65.0 Å². The number of carbonyl (C=O) groups is 1. The Balaban J connectivity index is 0.00000277. The normalized spacial score (nSPS) is 11.6. The van der Waals surface area contributed by atoms with E-state index >= 15 is 0 Å². The smallest absolute Gasteiger partial charge is 0.231 e. The summed E-state index contributed by atoms with van der Waals surface area (Å²) in [5.74, 6) is -0.129. The van der Waals surface area contributed by atoms with Crippen molar-refractivity contribution in [3.8, 4) is 0 Å². The van der Waals surface area contributed by atoms with E-state index in [-0.39, 0.29) is 5.91 Å². The molecule has 1 N–H and O–H groups in total. The van der Waals surface area contributed by atoms with Gasteiger partial charge in [0.2, 0.25) is 5.91 Å². The number of hydrogen-bond donors (Lipinski definition) is 1. The van der Waals surface area contributed by atoms with Crippen LogP contribution in [0.5, 0.6) is 0 Å². The van der Waals surface area contributed by atoms with Gasteiger partial charge in [-0.3, -0.25) is 9.52 Å². The largest absolute Gasteiger partial charge is 0.305 e. The summed E-state index contributed by atoms with van der Waals surface area (Å²) in [5.41, 5.74) is 1.16. The topological polar surface area (TPSA) is 49.4 Å².